The van der Waals surface area contributed by atoms with Crippen molar-refractivity contribution in [2.45, 2.75) is 44.6 Å². The lowest BCUT2D eigenvalue weighted by Gasteiger charge is -2.49. The van der Waals surface area contributed by atoms with Crippen LogP contribution in [0.2, 0.25) is 0 Å². The summed E-state index contributed by atoms with van der Waals surface area (Å²) in [6, 6.07) is 16.0. The highest BCUT2D eigenvalue weighted by molar-refractivity contribution is 5.45. The maximum absolute atomic E-state index is 6.07. The van der Waals surface area contributed by atoms with Gasteiger partial charge >= 0.3 is 0 Å². The number of rotatable bonds is 5. The van der Waals surface area contributed by atoms with E-state index in [1.54, 1.807) is 0 Å². The standard InChI is InChI=1S/C21H27N3O/c1-17-15-23(19-7-9-22-10-8-19)11-12-24(17)20-13-21(14-20)25-16-18-5-3-2-4-6-18/h2-10,17,20-21H,11-16H2,1H3. The lowest BCUT2D eigenvalue weighted by molar-refractivity contribution is -0.0688. The molecule has 132 valence electrons. The first-order chi connectivity index (χ1) is 12.3. The molecule has 1 aromatic carbocycles. The molecule has 0 amide bonds. The van der Waals surface area contributed by atoms with Crippen molar-refractivity contribution in [3.8, 4) is 0 Å². The Balaban J connectivity index is 1.23. The minimum atomic E-state index is 0.427. The van der Waals surface area contributed by atoms with Crippen LogP contribution in [0.15, 0.2) is 54.9 Å². The number of hydrogen-bond donors (Lipinski definition) is 0. The number of benzene rings is 1. The summed E-state index contributed by atoms with van der Waals surface area (Å²) < 4.78 is 6.07. The van der Waals surface area contributed by atoms with Crippen LogP contribution in [0.3, 0.4) is 0 Å². The Bertz CT molecular complexity index is 657. The minimum absolute atomic E-state index is 0.427. The lowest BCUT2D eigenvalue weighted by Crippen LogP contribution is -2.59. The normalized spacial score (nSPS) is 27.1. The van der Waals surface area contributed by atoms with Gasteiger partial charge in [-0.15, -0.1) is 0 Å². The lowest BCUT2D eigenvalue weighted by atomic mass is 9.86. The third-order valence-corrected chi connectivity index (χ3v) is 5.57. The summed E-state index contributed by atoms with van der Waals surface area (Å²) in [7, 11) is 0. The molecule has 1 saturated heterocycles. The zero-order chi connectivity index (χ0) is 17.1. The van der Waals surface area contributed by atoms with Gasteiger partial charge in [0.1, 0.15) is 0 Å². The van der Waals surface area contributed by atoms with Gasteiger partial charge < -0.3 is 9.64 Å². The molecule has 0 N–H and O–H groups in total. The van der Waals surface area contributed by atoms with Gasteiger partial charge in [0, 0.05) is 49.8 Å². The van der Waals surface area contributed by atoms with E-state index < -0.39 is 0 Å². The van der Waals surface area contributed by atoms with Gasteiger partial charge in [0.25, 0.3) is 0 Å². The van der Waals surface area contributed by atoms with Crippen molar-refractivity contribution in [1.82, 2.24) is 9.88 Å². The molecule has 25 heavy (non-hydrogen) atoms. The van der Waals surface area contributed by atoms with E-state index in [1.807, 2.05) is 12.4 Å². The Hall–Kier alpha value is -1.91. The average Bonchev–Trinajstić information content (AvgIpc) is 2.63. The molecule has 2 aliphatic rings. The first-order valence-electron chi connectivity index (χ1n) is 9.36. The highest BCUT2D eigenvalue weighted by Crippen LogP contribution is 2.32. The van der Waals surface area contributed by atoms with Crippen LogP contribution in [0.1, 0.15) is 25.3 Å². The van der Waals surface area contributed by atoms with E-state index >= 15 is 0 Å². The largest absolute Gasteiger partial charge is 0.373 e. The molecular formula is C21H27N3O. The summed E-state index contributed by atoms with van der Waals surface area (Å²) in [4.78, 5) is 9.28. The second kappa shape index (κ2) is 7.54. The van der Waals surface area contributed by atoms with Crippen molar-refractivity contribution >= 4 is 5.69 Å². The molecule has 0 radical (unpaired) electrons. The monoisotopic (exact) mass is 337 g/mol. The maximum atomic E-state index is 6.07. The number of pyridine rings is 1. The highest BCUT2D eigenvalue weighted by atomic mass is 16.5. The molecule has 4 rings (SSSR count). The van der Waals surface area contributed by atoms with Gasteiger partial charge in [0.15, 0.2) is 0 Å². The van der Waals surface area contributed by atoms with Crippen LogP contribution >= 0.6 is 0 Å². The van der Waals surface area contributed by atoms with Gasteiger partial charge in [-0.3, -0.25) is 9.88 Å². The van der Waals surface area contributed by atoms with Gasteiger partial charge in [-0.25, -0.2) is 0 Å². The molecule has 2 aromatic rings. The molecule has 0 bridgehead atoms. The second-order valence-electron chi connectivity index (χ2n) is 7.28. The number of hydrogen-bond acceptors (Lipinski definition) is 4. The van der Waals surface area contributed by atoms with Gasteiger partial charge in [0.2, 0.25) is 0 Å². The molecule has 1 unspecified atom stereocenters. The Morgan fingerprint density at radius 1 is 1.04 bits per heavy atom. The Morgan fingerprint density at radius 3 is 2.52 bits per heavy atom. The molecule has 1 aromatic heterocycles. The first-order valence-corrected chi connectivity index (χ1v) is 9.36. The fourth-order valence-corrected chi connectivity index (χ4v) is 4.04. The second-order valence-corrected chi connectivity index (χ2v) is 7.28. The summed E-state index contributed by atoms with van der Waals surface area (Å²) in [6.07, 6.45) is 6.54. The summed E-state index contributed by atoms with van der Waals surface area (Å²) >= 11 is 0. The van der Waals surface area contributed by atoms with Gasteiger partial charge in [0.05, 0.1) is 12.7 Å². The van der Waals surface area contributed by atoms with Gasteiger partial charge in [-0.05, 0) is 37.5 Å². The molecular weight excluding hydrogens is 310 g/mol. The van der Waals surface area contributed by atoms with E-state index in [9.17, 15) is 0 Å². The number of piperazine rings is 1. The summed E-state index contributed by atoms with van der Waals surface area (Å²) in [5.41, 5.74) is 2.56. The van der Waals surface area contributed by atoms with Crippen LogP contribution in [0.4, 0.5) is 5.69 Å². The topological polar surface area (TPSA) is 28.6 Å². The molecule has 1 atom stereocenters. The zero-order valence-electron chi connectivity index (χ0n) is 14.9. The molecule has 0 spiro atoms. The smallest absolute Gasteiger partial charge is 0.0720 e. The number of anilines is 1. The van der Waals surface area contributed by atoms with Crippen LogP contribution in [-0.4, -0.2) is 47.7 Å². The van der Waals surface area contributed by atoms with E-state index in [1.165, 1.54) is 24.1 Å². The minimum Gasteiger partial charge on any atom is -0.373 e. The van der Waals surface area contributed by atoms with E-state index in [-0.39, 0.29) is 0 Å². The van der Waals surface area contributed by atoms with Crippen LogP contribution in [-0.2, 0) is 11.3 Å². The van der Waals surface area contributed by atoms with E-state index in [2.05, 4.69) is 64.2 Å². The average molecular weight is 337 g/mol. The molecule has 2 heterocycles. The third-order valence-electron chi connectivity index (χ3n) is 5.57. The Kier molecular flexibility index (Phi) is 4.99. The maximum Gasteiger partial charge on any atom is 0.0720 e. The van der Waals surface area contributed by atoms with Crippen molar-refractivity contribution in [3.05, 3.63) is 60.4 Å². The first kappa shape index (κ1) is 16.6. The predicted molar refractivity (Wildman–Crippen MR) is 101 cm³/mol. The highest BCUT2D eigenvalue weighted by Gasteiger charge is 2.38. The number of nitrogens with zero attached hydrogens (tertiary/aromatic N) is 3. The van der Waals surface area contributed by atoms with Gasteiger partial charge in [-0.1, -0.05) is 30.3 Å². The third kappa shape index (κ3) is 3.86. The molecule has 4 heteroatoms. The molecule has 1 saturated carbocycles. The van der Waals surface area contributed by atoms with E-state index in [0.29, 0.717) is 18.2 Å². The Morgan fingerprint density at radius 2 is 1.80 bits per heavy atom. The molecule has 4 nitrogen and oxygen atoms in total. The van der Waals surface area contributed by atoms with Gasteiger partial charge in [-0.2, -0.15) is 0 Å². The zero-order valence-corrected chi connectivity index (χ0v) is 14.9. The molecule has 1 aliphatic carbocycles. The molecule has 1 aliphatic heterocycles. The Labute approximate surface area is 150 Å². The fraction of sp³-hybridized carbons (Fsp3) is 0.476. The molecule has 2 fully saturated rings. The number of ether oxygens (including phenoxy) is 1. The summed E-state index contributed by atoms with van der Waals surface area (Å²) in [5, 5.41) is 0. The van der Waals surface area contributed by atoms with Crippen molar-refractivity contribution in [3.63, 3.8) is 0 Å². The van der Waals surface area contributed by atoms with Crippen molar-refractivity contribution in [1.29, 1.82) is 0 Å². The van der Waals surface area contributed by atoms with Crippen molar-refractivity contribution < 1.29 is 4.74 Å². The van der Waals surface area contributed by atoms with Crippen molar-refractivity contribution in [2.24, 2.45) is 0 Å². The number of aromatic nitrogens is 1. The van der Waals surface area contributed by atoms with Crippen molar-refractivity contribution in [2.75, 3.05) is 24.5 Å². The van der Waals surface area contributed by atoms with Crippen LogP contribution in [0.25, 0.3) is 0 Å². The van der Waals surface area contributed by atoms with E-state index in [4.69, 9.17) is 4.74 Å². The van der Waals surface area contributed by atoms with Crippen LogP contribution < -0.4 is 4.90 Å². The predicted octanol–water partition coefficient (Wildman–Crippen LogP) is 3.34. The SMILES string of the molecule is CC1CN(c2ccncc2)CCN1C1CC(OCc2ccccc2)C1. The summed E-state index contributed by atoms with van der Waals surface area (Å²) in [6.45, 7) is 6.42. The fourth-order valence-electron chi connectivity index (χ4n) is 4.04. The van der Waals surface area contributed by atoms with Crippen LogP contribution in [0, 0.1) is 0 Å². The summed E-state index contributed by atoms with van der Waals surface area (Å²) in [5.74, 6) is 0. The van der Waals surface area contributed by atoms with E-state index in [0.717, 1.165) is 26.2 Å². The van der Waals surface area contributed by atoms with Crippen LogP contribution in [0.5, 0.6) is 0 Å². The quantitative estimate of drug-likeness (QED) is 0.837.